The van der Waals surface area contributed by atoms with E-state index >= 15 is 0 Å². The molecule has 5 nitrogen and oxygen atoms in total. The van der Waals surface area contributed by atoms with Crippen molar-refractivity contribution in [3.05, 3.63) is 0 Å². The maximum absolute atomic E-state index is 12.3. The van der Waals surface area contributed by atoms with Gasteiger partial charge in [-0.2, -0.15) is 0 Å². The predicted molar refractivity (Wildman–Crippen MR) is 76.6 cm³/mol. The third-order valence-corrected chi connectivity index (χ3v) is 4.87. The lowest BCUT2D eigenvalue weighted by Gasteiger charge is -2.41. The molecule has 1 heterocycles. The molecule has 5 heteroatoms. The molecule has 0 aromatic heterocycles. The fraction of sp³-hybridized carbons (Fsp3) is 0.867. The minimum atomic E-state index is -0.762. The molecular weight excluding hydrogens is 256 g/mol. The standard InChI is InChI=1S/C15H26N2O3/c1-12-6-3-2-4-9-17(12)14(20)16-11-15(7-5-8-15)10-13(18)19/h12H,2-11H2,1H3,(H,16,20)(H,18,19). The molecule has 2 rings (SSSR count). The summed E-state index contributed by atoms with van der Waals surface area (Å²) < 4.78 is 0. The predicted octanol–water partition coefficient (Wildman–Crippen LogP) is 2.61. The van der Waals surface area contributed by atoms with Crippen LogP contribution >= 0.6 is 0 Å². The zero-order valence-corrected chi connectivity index (χ0v) is 12.4. The van der Waals surface area contributed by atoms with Gasteiger partial charge in [-0.3, -0.25) is 4.79 Å². The number of hydrogen-bond acceptors (Lipinski definition) is 2. The number of carboxylic acids is 1. The summed E-state index contributed by atoms with van der Waals surface area (Å²) in [6.45, 7) is 3.42. The van der Waals surface area contributed by atoms with Crippen molar-refractivity contribution < 1.29 is 14.7 Å². The maximum Gasteiger partial charge on any atom is 0.317 e. The average Bonchev–Trinajstić information content (AvgIpc) is 2.56. The van der Waals surface area contributed by atoms with Crippen LogP contribution in [0.4, 0.5) is 4.79 Å². The van der Waals surface area contributed by atoms with Crippen LogP contribution in [0, 0.1) is 5.41 Å². The fourth-order valence-corrected chi connectivity index (χ4v) is 3.35. The van der Waals surface area contributed by atoms with E-state index in [1.54, 1.807) is 0 Å². The number of likely N-dealkylation sites (tertiary alicyclic amines) is 1. The second-order valence-corrected chi connectivity index (χ2v) is 6.47. The molecule has 0 aromatic rings. The van der Waals surface area contributed by atoms with Gasteiger partial charge in [0, 0.05) is 19.1 Å². The molecule has 0 radical (unpaired) electrons. The molecule has 1 aliphatic heterocycles. The Hall–Kier alpha value is -1.26. The molecule has 0 aromatic carbocycles. The van der Waals surface area contributed by atoms with Crippen molar-refractivity contribution in [3.8, 4) is 0 Å². The zero-order valence-electron chi connectivity index (χ0n) is 12.4. The highest BCUT2D eigenvalue weighted by Gasteiger charge is 2.39. The molecule has 0 spiro atoms. The highest BCUT2D eigenvalue weighted by Crippen LogP contribution is 2.43. The second-order valence-electron chi connectivity index (χ2n) is 6.47. The Morgan fingerprint density at radius 1 is 1.25 bits per heavy atom. The lowest BCUT2D eigenvalue weighted by Crippen LogP contribution is -2.50. The van der Waals surface area contributed by atoms with E-state index in [4.69, 9.17) is 5.11 Å². The maximum atomic E-state index is 12.3. The van der Waals surface area contributed by atoms with Gasteiger partial charge >= 0.3 is 12.0 Å². The Morgan fingerprint density at radius 2 is 2.00 bits per heavy atom. The molecule has 1 saturated heterocycles. The molecule has 1 aliphatic carbocycles. The van der Waals surface area contributed by atoms with E-state index in [0.717, 1.165) is 38.6 Å². The first-order valence-electron chi connectivity index (χ1n) is 7.79. The van der Waals surface area contributed by atoms with Gasteiger partial charge in [0.25, 0.3) is 0 Å². The van der Waals surface area contributed by atoms with Gasteiger partial charge in [0.05, 0.1) is 6.42 Å². The van der Waals surface area contributed by atoms with E-state index in [2.05, 4.69) is 12.2 Å². The van der Waals surface area contributed by atoms with Crippen molar-refractivity contribution in [2.75, 3.05) is 13.1 Å². The summed E-state index contributed by atoms with van der Waals surface area (Å²) in [6.07, 6.45) is 7.58. The minimum absolute atomic E-state index is 0.0175. The van der Waals surface area contributed by atoms with Crippen LogP contribution in [0.25, 0.3) is 0 Å². The van der Waals surface area contributed by atoms with Gasteiger partial charge in [-0.15, -0.1) is 0 Å². The third-order valence-electron chi connectivity index (χ3n) is 4.87. The largest absolute Gasteiger partial charge is 0.481 e. The van der Waals surface area contributed by atoms with E-state index in [1.165, 1.54) is 12.8 Å². The molecule has 114 valence electrons. The molecule has 2 amide bonds. The van der Waals surface area contributed by atoms with Crippen molar-refractivity contribution >= 4 is 12.0 Å². The van der Waals surface area contributed by atoms with E-state index in [0.29, 0.717) is 6.54 Å². The molecular formula is C15H26N2O3. The Bertz CT molecular complexity index is 366. The minimum Gasteiger partial charge on any atom is -0.481 e. The number of nitrogens with one attached hydrogen (secondary N) is 1. The highest BCUT2D eigenvalue weighted by atomic mass is 16.4. The van der Waals surface area contributed by atoms with Gasteiger partial charge in [0.15, 0.2) is 0 Å². The number of carbonyl (C=O) groups is 2. The van der Waals surface area contributed by atoms with Gasteiger partial charge < -0.3 is 15.3 Å². The molecule has 1 saturated carbocycles. The topological polar surface area (TPSA) is 69.6 Å². The highest BCUT2D eigenvalue weighted by molar-refractivity contribution is 5.75. The number of nitrogens with zero attached hydrogens (tertiary/aromatic N) is 1. The van der Waals surface area contributed by atoms with Crippen molar-refractivity contribution in [1.82, 2.24) is 10.2 Å². The summed E-state index contributed by atoms with van der Waals surface area (Å²) in [5.41, 5.74) is -0.198. The summed E-state index contributed by atoms with van der Waals surface area (Å²) in [5, 5.41) is 12.0. The van der Waals surface area contributed by atoms with Crippen LogP contribution < -0.4 is 5.32 Å². The summed E-state index contributed by atoms with van der Waals surface area (Å²) in [7, 11) is 0. The van der Waals surface area contributed by atoms with Crippen molar-refractivity contribution in [2.45, 2.75) is 64.3 Å². The second kappa shape index (κ2) is 6.46. The summed E-state index contributed by atoms with van der Waals surface area (Å²) in [4.78, 5) is 25.1. The van der Waals surface area contributed by atoms with E-state index < -0.39 is 5.97 Å². The fourth-order valence-electron chi connectivity index (χ4n) is 3.35. The number of urea groups is 1. The monoisotopic (exact) mass is 282 g/mol. The van der Waals surface area contributed by atoms with Crippen molar-refractivity contribution in [2.24, 2.45) is 5.41 Å². The van der Waals surface area contributed by atoms with Crippen LogP contribution in [0.2, 0.25) is 0 Å². The summed E-state index contributed by atoms with van der Waals surface area (Å²) >= 11 is 0. The molecule has 0 bridgehead atoms. The van der Waals surface area contributed by atoms with Crippen molar-refractivity contribution in [3.63, 3.8) is 0 Å². The van der Waals surface area contributed by atoms with Crippen LogP contribution in [-0.4, -0.2) is 41.1 Å². The van der Waals surface area contributed by atoms with Gasteiger partial charge in [-0.1, -0.05) is 19.3 Å². The number of carbonyl (C=O) groups excluding carboxylic acids is 1. The molecule has 2 aliphatic rings. The third kappa shape index (κ3) is 3.64. The first-order valence-corrected chi connectivity index (χ1v) is 7.79. The Kier molecular flexibility index (Phi) is 4.89. The number of carboxylic acid groups (broad SMARTS) is 1. The van der Waals surface area contributed by atoms with E-state index in [-0.39, 0.29) is 23.9 Å². The van der Waals surface area contributed by atoms with E-state index in [9.17, 15) is 9.59 Å². The van der Waals surface area contributed by atoms with Crippen LogP contribution in [0.1, 0.15) is 58.3 Å². The Morgan fingerprint density at radius 3 is 2.60 bits per heavy atom. The summed E-state index contributed by atoms with van der Waals surface area (Å²) in [5.74, 6) is -0.762. The quantitative estimate of drug-likeness (QED) is 0.832. The number of rotatable bonds is 4. The number of aliphatic carboxylic acids is 1. The number of amides is 2. The molecule has 1 atom stereocenters. The lowest BCUT2D eigenvalue weighted by molar-refractivity contribution is -0.141. The first-order chi connectivity index (χ1) is 9.52. The molecule has 20 heavy (non-hydrogen) atoms. The zero-order chi connectivity index (χ0) is 14.6. The van der Waals surface area contributed by atoms with Gasteiger partial charge in [-0.05, 0) is 38.0 Å². The van der Waals surface area contributed by atoms with Gasteiger partial charge in [-0.25, -0.2) is 4.79 Å². The number of hydrogen-bond donors (Lipinski definition) is 2. The lowest BCUT2D eigenvalue weighted by atomic mass is 9.66. The van der Waals surface area contributed by atoms with Gasteiger partial charge in [0.1, 0.15) is 0 Å². The Labute approximate surface area is 120 Å². The van der Waals surface area contributed by atoms with E-state index in [1.807, 2.05) is 4.90 Å². The molecule has 2 fully saturated rings. The van der Waals surface area contributed by atoms with Gasteiger partial charge in [0.2, 0.25) is 0 Å². The average molecular weight is 282 g/mol. The molecule has 1 unspecified atom stereocenters. The SMILES string of the molecule is CC1CCCCCN1C(=O)NCC1(CC(=O)O)CCC1. The Balaban J connectivity index is 1.85. The molecule has 2 N–H and O–H groups in total. The first kappa shape index (κ1) is 15.1. The summed E-state index contributed by atoms with van der Waals surface area (Å²) in [6, 6.07) is 0.269. The van der Waals surface area contributed by atoms with Crippen LogP contribution in [0.3, 0.4) is 0 Å². The van der Waals surface area contributed by atoms with Crippen LogP contribution in [-0.2, 0) is 4.79 Å². The smallest absolute Gasteiger partial charge is 0.317 e. The van der Waals surface area contributed by atoms with Crippen molar-refractivity contribution in [1.29, 1.82) is 0 Å². The van der Waals surface area contributed by atoms with Crippen LogP contribution in [0.5, 0.6) is 0 Å². The van der Waals surface area contributed by atoms with Crippen LogP contribution in [0.15, 0.2) is 0 Å². The normalized spacial score (nSPS) is 25.4.